The molecule has 2 aromatic rings. The molecule has 2 aromatic carbocycles. The molecule has 8 heteroatoms. The quantitative estimate of drug-likeness (QED) is 0.823. The number of hydrogen-bond acceptors (Lipinski definition) is 3. The second-order valence-electron chi connectivity index (χ2n) is 6.70. The van der Waals surface area contributed by atoms with E-state index >= 15 is 0 Å². The van der Waals surface area contributed by atoms with Crippen molar-refractivity contribution >= 4 is 33.2 Å². The lowest BCUT2D eigenvalue weighted by Gasteiger charge is -2.29. The highest BCUT2D eigenvalue weighted by molar-refractivity contribution is 7.89. The van der Waals surface area contributed by atoms with Gasteiger partial charge in [-0.1, -0.05) is 24.6 Å². The van der Waals surface area contributed by atoms with Crippen LogP contribution >= 0.6 is 11.6 Å². The molecule has 1 heterocycles. The second kappa shape index (κ2) is 7.96. The van der Waals surface area contributed by atoms with Crippen LogP contribution < -0.4 is 5.32 Å². The molecule has 0 aromatic heterocycles. The molecule has 1 saturated heterocycles. The van der Waals surface area contributed by atoms with Gasteiger partial charge in [-0.25, -0.2) is 12.8 Å². The summed E-state index contributed by atoms with van der Waals surface area (Å²) >= 11 is 5.89. The van der Waals surface area contributed by atoms with Crippen LogP contribution in [0.1, 0.15) is 30.1 Å². The van der Waals surface area contributed by atoms with Gasteiger partial charge in [0.2, 0.25) is 10.0 Å². The summed E-state index contributed by atoms with van der Waals surface area (Å²) in [6.07, 6.45) is 1.46. The van der Waals surface area contributed by atoms with E-state index in [0.29, 0.717) is 29.7 Å². The Hall–Kier alpha value is -1.96. The molecule has 27 heavy (non-hydrogen) atoms. The highest BCUT2D eigenvalue weighted by Gasteiger charge is 2.31. The first-order chi connectivity index (χ1) is 12.8. The Labute approximate surface area is 163 Å². The van der Waals surface area contributed by atoms with Gasteiger partial charge < -0.3 is 5.32 Å². The minimum absolute atomic E-state index is 0.0559. The van der Waals surface area contributed by atoms with Gasteiger partial charge in [-0.05, 0) is 55.2 Å². The Kier molecular flexibility index (Phi) is 5.83. The van der Waals surface area contributed by atoms with E-state index in [2.05, 4.69) is 12.2 Å². The van der Waals surface area contributed by atoms with Gasteiger partial charge in [0.25, 0.3) is 5.91 Å². The summed E-state index contributed by atoms with van der Waals surface area (Å²) in [5.41, 5.74) is 0.520. The lowest BCUT2D eigenvalue weighted by molar-refractivity contribution is 0.102. The van der Waals surface area contributed by atoms with E-state index in [4.69, 9.17) is 11.6 Å². The predicted octanol–water partition coefficient (Wildman–Crippen LogP) is 4.15. The number of amides is 1. The third kappa shape index (κ3) is 4.48. The SMILES string of the molecule is CC1CCN(S(=O)(=O)c2cc(C(=O)Nc3cccc(Cl)c3)ccc2F)CC1. The van der Waals surface area contributed by atoms with Gasteiger partial charge in [0.1, 0.15) is 10.7 Å². The summed E-state index contributed by atoms with van der Waals surface area (Å²) in [4.78, 5) is 12.0. The number of benzene rings is 2. The van der Waals surface area contributed by atoms with Gasteiger partial charge in [-0.3, -0.25) is 4.79 Å². The predicted molar refractivity (Wildman–Crippen MR) is 103 cm³/mol. The Morgan fingerprint density at radius 1 is 1.19 bits per heavy atom. The van der Waals surface area contributed by atoms with Crippen LogP contribution in [0.15, 0.2) is 47.4 Å². The molecule has 0 aliphatic carbocycles. The van der Waals surface area contributed by atoms with E-state index in [1.54, 1.807) is 24.3 Å². The maximum absolute atomic E-state index is 14.3. The van der Waals surface area contributed by atoms with Crippen LogP contribution in [0.5, 0.6) is 0 Å². The summed E-state index contributed by atoms with van der Waals surface area (Å²) < 4.78 is 41.2. The zero-order chi connectivity index (χ0) is 19.6. The Morgan fingerprint density at radius 3 is 2.56 bits per heavy atom. The van der Waals surface area contributed by atoms with Gasteiger partial charge in [0.05, 0.1) is 0 Å². The Morgan fingerprint density at radius 2 is 1.89 bits per heavy atom. The van der Waals surface area contributed by atoms with Crippen molar-refractivity contribution in [3.63, 3.8) is 0 Å². The smallest absolute Gasteiger partial charge is 0.255 e. The van der Waals surface area contributed by atoms with Crippen molar-refractivity contribution < 1.29 is 17.6 Å². The lowest BCUT2D eigenvalue weighted by Crippen LogP contribution is -2.38. The van der Waals surface area contributed by atoms with E-state index < -0.39 is 26.6 Å². The van der Waals surface area contributed by atoms with Crippen molar-refractivity contribution in [1.82, 2.24) is 4.31 Å². The third-order valence-corrected chi connectivity index (χ3v) is 6.79. The van der Waals surface area contributed by atoms with Gasteiger partial charge in [0, 0.05) is 29.4 Å². The van der Waals surface area contributed by atoms with Gasteiger partial charge >= 0.3 is 0 Å². The molecule has 144 valence electrons. The Balaban J connectivity index is 1.86. The van der Waals surface area contributed by atoms with Crippen LogP contribution in [0, 0.1) is 11.7 Å². The monoisotopic (exact) mass is 410 g/mol. The highest BCUT2D eigenvalue weighted by atomic mass is 35.5. The minimum atomic E-state index is -3.99. The maximum Gasteiger partial charge on any atom is 0.255 e. The van der Waals surface area contributed by atoms with Crippen LogP contribution in [0.3, 0.4) is 0 Å². The molecule has 1 fully saturated rings. The van der Waals surface area contributed by atoms with Gasteiger partial charge in [0.15, 0.2) is 0 Å². The first-order valence-electron chi connectivity index (χ1n) is 8.64. The summed E-state index contributed by atoms with van der Waals surface area (Å²) in [5.74, 6) is -0.968. The molecule has 3 rings (SSSR count). The zero-order valence-electron chi connectivity index (χ0n) is 14.8. The number of rotatable bonds is 4. The van der Waals surface area contributed by atoms with Crippen molar-refractivity contribution in [1.29, 1.82) is 0 Å². The van der Waals surface area contributed by atoms with Crippen LogP contribution in [-0.2, 0) is 10.0 Å². The largest absolute Gasteiger partial charge is 0.322 e. The number of halogens is 2. The molecule has 0 spiro atoms. The van der Waals surface area contributed by atoms with Crippen molar-refractivity contribution in [3.05, 3.63) is 58.9 Å². The molecule has 1 amide bonds. The Bertz CT molecular complexity index is 957. The number of carbonyl (C=O) groups is 1. The zero-order valence-corrected chi connectivity index (χ0v) is 16.4. The lowest BCUT2D eigenvalue weighted by atomic mass is 10.0. The molecular weight excluding hydrogens is 391 g/mol. The second-order valence-corrected chi connectivity index (χ2v) is 9.04. The van der Waals surface area contributed by atoms with E-state index in [1.807, 2.05) is 0 Å². The van der Waals surface area contributed by atoms with Crippen molar-refractivity contribution in [2.24, 2.45) is 5.92 Å². The first kappa shape index (κ1) is 19.8. The molecule has 1 N–H and O–H groups in total. The number of anilines is 1. The van der Waals surface area contributed by atoms with Crippen molar-refractivity contribution in [2.75, 3.05) is 18.4 Å². The highest BCUT2D eigenvalue weighted by Crippen LogP contribution is 2.26. The van der Waals surface area contributed by atoms with Crippen molar-refractivity contribution in [3.8, 4) is 0 Å². The number of nitrogens with one attached hydrogen (secondary N) is 1. The molecular formula is C19H20ClFN2O3S. The van der Waals surface area contributed by atoms with Crippen LogP contribution in [0.2, 0.25) is 5.02 Å². The standard InChI is InChI=1S/C19H20ClFN2O3S/c1-13-7-9-23(10-8-13)27(25,26)18-11-14(5-6-17(18)21)19(24)22-16-4-2-3-15(20)12-16/h2-6,11-13H,7-10H2,1H3,(H,22,24). The summed E-state index contributed by atoms with van der Waals surface area (Å²) in [6, 6.07) is 9.91. The number of sulfonamides is 1. The summed E-state index contributed by atoms with van der Waals surface area (Å²) in [5, 5.41) is 3.08. The minimum Gasteiger partial charge on any atom is -0.322 e. The fourth-order valence-corrected chi connectivity index (χ4v) is 4.73. The normalized spacial score (nSPS) is 16.3. The molecule has 0 saturated carbocycles. The number of piperidine rings is 1. The maximum atomic E-state index is 14.3. The summed E-state index contributed by atoms with van der Waals surface area (Å²) in [6.45, 7) is 2.76. The summed E-state index contributed by atoms with van der Waals surface area (Å²) in [7, 11) is -3.99. The van der Waals surface area contributed by atoms with Crippen LogP contribution in [0.4, 0.5) is 10.1 Å². The van der Waals surface area contributed by atoms with E-state index in [9.17, 15) is 17.6 Å². The van der Waals surface area contributed by atoms with Crippen molar-refractivity contribution in [2.45, 2.75) is 24.7 Å². The molecule has 0 bridgehead atoms. The van der Waals surface area contributed by atoms with Crippen LogP contribution in [0.25, 0.3) is 0 Å². The number of nitrogens with zero attached hydrogens (tertiary/aromatic N) is 1. The number of hydrogen-bond donors (Lipinski definition) is 1. The van der Waals surface area contributed by atoms with Crippen LogP contribution in [-0.4, -0.2) is 31.7 Å². The number of carbonyl (C=O) groups excluding carboxylic acids is 1. The molecule has 5 nitrogen and oxygen atoms in total. The fourth-order valence-electron chi connectivity index (χ4n) is 2.98. The first-order valence-corrected chi connectivity index (χ1v) is 10.5. The van der Waals surface area contributed by atoms with E-state index in [-0.39, 0.29) is 5.56 Å². The molecule has 0 radical (unpaired) electrons. The molecule has 0 atom stereocenters. The van der Waals surface area contributed by atoms with E-state index in [0.717, 1.165) is 25.0 Å². The van der Waals surface area contributed by atoms with Gasteiger partial charge in [-0.2, -0.15) is 4.31 Å². The molecule has 0 unspecified atom stereocenters. The third-order valence-electron chi connectivity index (χ3n) is 4.64. The molecule has 1 aliphatic heterocycles. The average Bonchev–Trinajstić information content (AvgIpc) is 2.62. The topological polar surface area (TPSA) is 66.5 Å². The van der Waals surface area contributed by atoms with Gasteiger partial charge in [-0.15, -0.1) is 0 Å². The fraction of sp³-hybridized carbons (Fsp3) is 0.316. The molecule has 1 aliphatic rings. The average molecular weight is 411 g/mol. The van der Waals surface area contributed by atoms with E-state index in [1.165, 1.54) is 10.4 Å².